The summed E-state index contributed by atoms with van der Waals surface area (Å²) in [4.78, 5) is 22.9. The first-order chi connectivity index (χ1) is 13.9. The van der Waals surface area contributed by atoms with Crippen LogP contribution >= 0.6 is 0 Å². The predicted molar refractivity (Wildman–Crippen MR) is 117 cm³/mol. The molecule has 0 bridgehead atoms. The van der Waals surface area contributed by atoms with E-state index in [0.29, 0.717) is 12.8 Å². The number of hydrogen-bond acceptors (Lipinski definition) is 8. The van der Waals surface area contributed by atoms with Crippen molar-refractivity contribution in [1.29, 1.82) is 0 Å². The van der Waals surface area contributed by atoms with Crippen molar-refractivity contribution in [2.45, 2.75) is 35.5 Å². The topological polar surface area (TPSA) is 161 Å². The second-order valence-electron chi connectivity index (χ2n) is 6.05. The van der Waals surface area contributed by atoms with Crippen LogP contribution in [0.15, 0.2) is 58.3 Å². The Hall–Kier alpha value is -0.800. The fraction of sp³-hybridized carbons (Fsp3) is 0.222. The summed E-state index contributed by atoms with van der Waals surface area (Å²) >= 11 is 0. The number of ether oxygens (including phenoxy) is 2. The molecule has 0 saturated heterocycles. The van der Waals surface area contributed by atoms with Crippen molar-refractivity contribution in [1.82, 2.24) is 0 Å². The molecule has 0 unspecified atom stereocenters. The number of esters is 2. The average molecular weight is 506 g/mol. The Morgan fingerprint density at radius 2 is 0.906 bits per heavy atom. The molecule has 0 aliphatic heterocycles. The first-order valence-electron chi connectivity index (χ1n) is 8.51. The van der Waals surface area contributed by atoms with Gasteiger partial charge in [0.25, 0.3) is 20.2 Å². The van der Waals surface area contributed by atoms with E-state index in [0.717, 1.165) is 24.3 Å². The van der Waals surface area contributed by atoms with Crippen LogP contribution in [-0.2, 0) is 29.8 Å². The first kappa shape index (κ1) is 31.2. The zero-order chi connectivity index (χ0) is 22.4. The van der Waals surface area contributed by atoms with Crippen molar-refractivity contribution in [3.05, 3.63) is 48.5 Å². The van der Waals surface area contributed by atoms with Gasteiger partial charge in [-0.2, -0.15) is 16.8 Å². The number of benzene rings is 2. The van der Waals surface area contributed by atoms with Gasteiger partial charge in [0, 0.05) is 12.8 Å². The van der Waals surface area contributed by atoms with Crippen LogP contribution in [0.2, 0.25) is 0 Å². The standard InChI is InChI=1S/C18H18O10S2.2Na.2H/c19-17(27-13-5-9-15(10-6-13)29(21,22)23)3-1-2-4-18(20)28-14-7-11-16(12-8-14)30(24,25)26;;;;/h5-12H,1-4H2,(H,21,22,23)(H,24,25,26);;;;. The van der Waals surface area contributed by atoms with Gasteiger partial charge in [0.1, 0.15) is 11.5 Å². The molecule has 2 aromatic carbocycles. The second-order valence-corrected chi connectivity index (χ2v) is 8.89. The predicted octanol–water partition coefficient (Wildman–Crippen LogP) is 0.954. The molecule has 10 nitrogen and oxygen atoms in total. The molecule has 2 N–H and O–H groups in total. The van der Waals surface area contributed by atoms with Gasteiger partial charge in [0.05, 0.1) is 9.79 Å². The van der Waals surface area contributed by atoms with Gasteiger partial charge >= 0.3 is 71.1 Å². The molecule has 0 aromatic heterocycles. The molecule has 0 atom stereocenters. The van der Waals surface area contributed by atoms with Crippen molar-refractivity contribution in [2.75, 3.05) is 0 Å². The SMILES string of the molecule is O=C(CCCCC(=O)Oc1ccc(S(=O)(=O)O)cc1)Oc1ccc(S(=O)(=O)O)cc1.[NaH].[NaH]. The normalized spacial score (nSPS) is 10.9. The van der Waals surface area contributed by atoms with E-state index >= 15 is 0 Å². The van der Waals surface area contributed by atoms with Crippen molar-refractivity contribution in [3.63, 3.8) is 0 Å². The Kier molecular flexibility index (Phi) is 13.5. The Balaban J connectivity index is 0.00000480. The number of carbonyl (C=O) groups excluding carboxylic acids is 2. The summed E-state index contributed by atoms with van der Waals surface area (Å²) in [5.74, 6) is -0.937. The van der Waals surface area contributed by atoms with Gasteiger partial charge in [-0.25, -0.2) is 0 Å². The molecule has 0 radical (unpaired) electrons. The molecule has 32 heavy (non-hydrogen) atoms. The molecule has 0 spiro atoms. The number of hydrogen-bond donors (Lipinski definition) is 2. The third-order valence-corrected chi connectivity index (χ3v) is 5.45. The monoisotopic (exact) mass is 506 g/mol. The van der Waals surface area contributed by atoms with Gasteiger partial charge in [0.15, 0.2) is 0 Å². The maximum absolute atomic E-state index is 11.8. The van der Waals surface area contributed by atoms with Crippen LogP contribution in [0.3, 0.4) is 0 Å². The molecular weight excluding hydrogens is 486 g/mol. The van der Waals surface area contributed by atoms with Crippen LogP contribution in [-0.4, -0.2) is 97.0 Å². The molecular formula is C18H20Na2O10S2. The van der Waals surface area contributed by atoms with Gasteiger partial charge in [-0.3, -0.25) is 18.7 Å². The van der Waals surface area contributed by atoms with E-state index in [-0.39, 0.29) is 93.2 Å². The van der Waals surface area contributed by atoms with E-state index in [9.17, 15) is 26.4 Å². The van der Waals surface area contributed by atoms with Crippen LogP contribution in [0.1, 0.15) is 25.7 Å². The van der Waals surface area contributed by atoms with Crippen LogP contribution in [0.25, 0.3) is 0 Å². The van der Waals surface area contributed by atoms with Crippen LogP contribution in [0, 0.1) is 0 Å². The van der Waals surface area contributed by atoms with Gasteiger partial charge in [-0.15, -0.1) is 0 Å². The Morgan fingerprint density at radius 3 is 1.16 bits per heavy atom. The van der Waals surface area contributed by atoms with Gasteiger partial charge in [0.2, 0.25) is 0 Å². The molecule has 2 rings (SSSR count). The number of unbranched alkanes of at least 4 members (excludes halogenated alkanes) is 1. The zero-order valence-corrected chi connectivity index (χ0v) is 17.1. The molecule has 0 heterocycles. The fourth-order valence-electron chi connectivity index (χ4n) is 2.26. The summed E-state index contributed by atoms with van der Waals surface area (Å²) in [6.45, 7) is 0. The van der Waals surface area contributed by atoms with E-state index in [1.54, 1.807) is 0 Å². The van der Waals surface area contributed by atoms with Crippen LogP contribution < -0.4 is 9.47 Å². The second kappa shape index (κ2) is 13.8. The first-order valence-corrected chi connectivity index (χ1v) is 11.4. The minimum atomic E-state index is -4.33. The summed E-state index contributed by atoms with van der Waals surface area (Å²) in [7, 11) is -8.65. The van der Waals surface area contributed by atoms with Crippen molar-refractivity contribution in [2.24, 2.45) is 0 Å². The van der Waals surface area contributed by atoms with Crippen molar-refractivity contribution >= 4 is 91.3 Å². The third kappa shape index (κ3) is 10.9. The molecule has 0 saturated carbocycles. The molecule has 2 aromatic rings. The van der Waals surface area contributed by atoms with E-state index in [4.69, 9.17) is 18.6 Å². The molecule has 166 valence electrons. The number of carbonyl (C=O) groups is 2. The Morgan fingerprint density at radius 1 is 0.625 bits per heavy atom. The van der Waals surface area contributed by atoms with E-state index < -0.39 is 32.2 Å². The van der Waals surface area contributed by atoms with Crippen molar-refractivity contribution < 1.29 is 45.0 Å². The van der Waals surface area contributed by atoms with Gasteiger partial charge in [-0.05, 0) is 61.4 Å². The number of rotatable bonds is 9. The minimum absolute atomic E-state index is 0. The summed E-state index contributed by atoms with van der Waals surface area (Å²) in [5.41, 5.74) is 0. The summed E-state index contributed by atoms with van der Waals surface area (Å²) in [6, 6.07) is 9.29. The van der Waals surface area contributed by atoms with E-state index in [1.807, 2.05) is 0 Å². The van der Waals surface area contributed by atoms with Crippen LogP contribution in [0.4, 0.5) is 0 Å². The molecule has 0 aliphatic carbocycles. The van der Waals surface area contributed by atoms with E-state index in [2.05, 4.69) is 0 Å². The Labute approximate surface area is 229 Å². The Bertz CT molecular complexity index is 1020. The molecule has 0 aliphatic rings. The van der Waals surface area contributed by atoms with E-state index in [1.165, 1.54) is 24.3 Å². The quantitative estimate of drug-likeness (QED) is 0.165. The van der Waals surface area contributed by atoms with Crippen LogP contribution in [0.5, 0.6) is 11.5 Å². The summed E-state index contributed by atoms with van der Waals surface area (Å²) in [5, 5.41) is 0. The maximum atomic E-state index is 11.8. The van der Waals surface area contributed by atoms with Gasteiger partial charge < -0.3 is 9.47 Å². The summed E-state index contributed by atoms with van der Waals surface area (Å²) < 4.78 is 71.6. The zero-order valence-electron chi connectivity index (χ0n) is 15.4. The molecule has 0 amide bonds. The third-order valence-electron chi connectivity index (χ3n) is 3.72. The molecule has 14 heteroatoms. The average Bonchev–Trinajstić information content (AvgIpc) is 2.65. The molecule has 0 fully saturated rings. The van der Waals surface area contributed by atoms with Gasteiger partial charge in [-0.1, -0.05) is 0 Å². The fourth-order valence-corrected chi connectivity index (χ4v) is 3.22. The van der Waals surface area contributed by atoms with Crippen molar-refractivity contribution in [3.8, 4) is 11.5 Å². The summed E-state index contributed by atoms with van der Waals surface area (Å²) in [6.07, 6.45) is 0.685.